The Morgan fingerprint density at radius 2 is 2.50 bits per heavy atom. The standard InChI is InChI=1S/C6H6ClF/c7-5-2-1-3-6(8)4-5/h1-3,5H,4H2. The zero-order valence-electron chi connectivity index (χ0n) is 4.27. The van der Waals surface area contributed by atoms with E-state index in [1.54, 1.807) is 12.2 Å². The van der Waals surface area contributed by atoms with Gasteiger partial charge in [-0.25, -0.2) is 4.39 Å². The first-order chi connectivity index (χ1) is 3.79. The van der Waals surface area contributed by atoms with Crippen LogP contribution in [0.2, 0.25) is 0 Å². The van der Waals surface area contributed by atoms with Gasteiger partial charge in [0, 0.05) is 6.42 Å². The van der Waals surface area contributed by atoms with E-state index in [4.69, 9.17) is 11.6 Å². The van der Waals surface area contributed by atoms with E-state index < -0.39 is 0 Å². The highest BCUT2D eigenvalue weighted by Crippen LogP contribution is 2.17. The van der Waals surface area contributed by atoms with Gasteiger partial charge >= 0.3 is 0 Å². The first-order valence-electron chi connectivity index (χ1n) is 2.46. The molecule has 0 aromatic rings. The number of allylic oxidation sites excluding steroid dienone is 4. The third-order valence-corrected chi connectivity index (χ3v) is 1.29. The van der Waals surface area contributed by atoms with E-state index in [2.05, 4.69) is 0 Å². The Bertz CT molecular complexity index is 137. The van der Waals surface area contributed by atoms with E-state index in [9.17, 15) is 4.39 Å². The van der Waals surface area contributed by atoms with Gasteiger partial charge in [-0.15, -0.1) is 11.6 Å². The van der Waals surface area contributed by atoms with Crippen molar-refractivity contribution in [2.75, 3.05) is 0 Å². The van der Waals surface area contributed by atoms with Crippen molar-refractivity contribution in [3.05, 3.63) is 24.1 Å². The van der Waals surface area contributed by atoms with Crippen molar-refractivity contribution in [2.24, 2.45) is 0 Å². The zero-order chi connectivity index (χ0) is 5.98. The molecule has 0 radical (unpaired) electrons. The predicted octanol–water partition coefficient (Wildman–Crippen LogP) is 2.41. The summed E-state index contributed by atoms with van der Waals surface area (Å²) in [6.45, 7) is 0. The molecule has 0 heterocycles. The highest BCUT2D eigenvalue weighted by molar-refractivity contribution is 6.22. The van der Waals surface area contributed by atoms with Crippen LogP contribution in [0.25, 0.3) is 0 Å². The fourth-order valence-corrected chi connectivity index (χ4v) is 0.834. The van der Waals surface area contributed by atoms with E-state index in [0.29, 0.717) is 6.42 Å². The number of hydrogen-bond donors (Lipinski definition) is 0. The molecule has 0 bridgehead atoms. The molecule has 0 amide bonds. The molecule has 0 aromatic heterocycles. The molecular weight excluding hydrogens is 127 g/mol. The lowest BCUT2D eigenvalue weighted by molar-refractivity contribution is 0.589. The minimum absolute atomic E-state index is 0.132. The van der Waals surface area contributed by atoms with Gasteiger partial charge in [-0.2, -0.15) is 0 Å². The minimum atomic E-state index is -0.139. The molecule has 2 heteroatoms. The quantitative estimate of drug-likeness (QED) is 0.444. The van der Waals surface area contributed by atoms with Crippen molar-refractivity contribution in [1.29, 1.82) is 0 Å². The Hall–Kier alpha value is -0.300. The van der Waals surface area contributed by atoms with Crippen molar-refractivity contribution in [3.8, 4) is 0 Å². The molecule has 0 saturated carbocycles. The highest BCUT2D eigenvalue weighted by atomic mass is 35.5. The van der Waals surface area contributed by atoms with Crippen LogP contribution < -0.4 is 0 Å². The van der Waals surface area contributed by atoms with Crippen LogP contribution in [0.3, 0.4) is 0 Å². The van der Waals surface area contributed by atoms with Crippen LogP contribution in [0, 0.1) is 0 Å². The van der Waals surface area contributed by atoms with Gasteiger partial charge in [0.25, 0.3) is 0 Å². The molecule has 1 aliphatic carbocycles. The summed E-state index contributed by atoms with van der Waals surface area (Å²) in [5, 5.41) is -0.139. The Morgan fingerprint density at radius 1 is 1.75 bits per heavy atom. The van der Waals surface area contributed by atoms with Crippen molar-refractivity contribution < 1.29 is 4.39 Å². The van der Waals surface area contributed by atoms with Gasteiger partial charge in [0.1, 0.15) is 5.83 Å². The summed E-state index contributed by atoms with van der Waals surface area (Å²) in [7, 11) is 0. The van der Waals surface area contributed by atoms with Gasteiger partial charge in [-0.05, 0) is 6.08 Å². The monoisotopic (exact) mass is 132 g/mol. The number of hydrogen-bond acceptors (Lipinski definition) is 0. The van der Waals surface area contributed by atoms with Crippen LogP contribution in [0.15, 0.2) is 24.1 Å². The molecule has 0 saturated heterocycles. The minimum Gasteiger partial charge on any atom is -0.212 e. The van der Waals surface area contributed by atoms with Crippen LogP contribution in [0.5, 0.6) is 0 Å². The maximum Gasteiger partial charge on any atom is 0.102 e. The molecule has 0 aliphatic heterocycles. The summed E-state index contributed by atoms with van der Waals surface area (Å²) < 4.78 is 12.2. The number of alkyl halides is 1. The lowest BCUT2D eigenvalue weighted by atomic mass is 10.2. The molecule has 1 rings (SSSR count). The average Bonchev–Trinajstić information content (AvgIpc) is 1.64. The number of halogens is 2. The summed E-state index contributed by atoms with van der Waals surface area (Å²) in [5.74, 6) is -0.132. The van der Waals surface area contributed by atoms with Crippen molar-refractivity contribution in [1.82, 2.24) is 0 Å². The summed E-state index contributed by atoms with van der Waals surface area (Å²) in [5.41, 5.74) is 0. The van der Waals surface area contributed by atoms with E-state index >= 15 is 0 Å². The number of rotatable bonds is 0. The molecular formula is C6H6ClF. The molecule has 1 unspecified atom stereocenters. The van der Waals surface area contributed by atoms with E-state index in [1.807, 2.05) is 0 Å². The van der Waals surface area contributed by atoms with Gasteiger partial charge in [0.15, 0.2) is 0 Å². The lowest BCUT2D eigenvalue weighted by Gasteiger charge is -2.03. The first-order valence-corrected chi connectivity index (χ1v) is 2.89. The second-order valence-corrected chi connectivity index (χ2v) is 2.28. The average molecular weight is 133 g/mol. The molecule has 0 N–H and O–H groups in total. The summed E-state index contributed by atoms with van der Waals surface area (Å²) in [6.07, 6.45) is 5.18. The molecule has 8 heavy (non-hydrogen) atoms. The molecule has 1 atom stereocenters. The lowest BCUT2D eigenvalue weighted by Crippen LogP contribution is -1.96. The maximum absolute atomic E-state index is 12.2. The smallest absolute Gasteiger partial charge is 0.102 e. The largest absolute Gasteiger partial charge is 0.212 e. The Balaban J connectivity index is 2.59. The van der Waals surface area contributed by atoms with Gasteiger partial charge in [-0.1, -0.05) is 12.2 Å². The molecule has 0 fully saturated rings. The van der Waals surface area contributed by atoms with Gasteiger partial charge in [0.2, 0.25) is 0 Å². The molecule has 44 valence electrons. The first kappa shape index (κ1) is 5.83. The highest BCUT2D eigenvalue weighted by Gasteiger charge is 2.05. The van der Waals surface area contributed by atoms with E-state index in [0.717, 1.165) is 0 Å². The molecule has 0 spiro atoms. The Labute approximate surface area is 52.6 Å². The van der Waals surface area contributed by atoms with Crippen molar-refractivity contribution in [2.45, 2.75) is 11.8 Å². The van der Waals surface area contributed by atoms with Gasteiger partial charge in [-0.3, -0.25) is 0 Å². The fraction of sp³-hybridized carbons (Fsp3) is 0.333. The third kappa shape index (κ3) is 1.34. The SMILES string of the molecule is FC1=CC=CC(Cl)C1. The fourth-order valence-electron chi connectivity index (χ4n) is 0.603. The van der Waals surface area contributed by atoms with E-state index in [-0.39, 0.29) is 11.2 Å². The van der Waals surface area contributed by atoms with Crippen LogP contribution in [-0.4, -0.2) is 5.38 Å². The normalized spacial score (nSPS) is 27.8. The van der Waals surface area contributed by atoms with Crippen LogP contribution >= 0.6 is 11.6 Å². The summed E-state index contributed by atoms with van der Waals surface area (Å²) in [6, 6.07) is 0. The topological polar surface area (TPSA) is 0 Å². The Morgan fingerprint density at radius 3 is 2.88 bits per heavy atom. The van der Waals surface area contributed by atoms with Gasteiger partial charge < -0.3 is 0 Å². The Kier molecular flexibility index (Phi) is 1.69. The second kappa shape index (κ2) is 2.31. The molecule has 0 aromatic carbocycles. The van der Waals surface area contributed by atoms with Crippen LogP contribution in [-0.2, 0) is 0 Å². The predicted molar refractivity (Wildman–Crippen MR) is 32.6 cm³/mol. The molecule has 1 aliphatic rings. The second-order valence-electron chi connectivity index (χ2n) is 1.72. The van der Waals surface area contributed by atoms with Crippen molar-refractivity contribution >= 4 is 11.6 Å². The van der Waals surface area contributed by atoms with Crippen LogP contribution in [0.4, 0.5) is 4.39 Å². The van der Waals surface area contributed by atoms with Crippen molar-refractivity contribution in [3.63, 3.8) is 0 Å². The molecule has 0 nitrogen and oxygen atoms in total. The van der Waals surface area contributed by atoms with Crippen LogP contribution in [0.1, 0.15) is 6.42 Å². The summed E-state index contributed by atoms with van der Waals surface area (Å²) in [4.78, 5) is 0. The van der Waals surface area contributed by atoms with Gasteiger partial charge in [0.05, 0.1) is 5.38 Å². The summed E-state index contributed by atoms with van der Waals surface area (Å²) >= 11 is 5.54. The van der Waals surface area contributed by atoms with E-state index in [1.165, 1.54) is 6.08 Å². The maximum atomic E-state index is 12.2. The third-order valence-electron chi connectivity index (χ3n) is 0.987. The zero-order valence-corrected chi connectivity index (χ0v) is 5.03.